The zero-order valence-corrected chi connectivity index (χ0v) is 17.1. The lowest BCUT2D eigenvalue weighted by molar-refractivity contribution is -0.125. The van der Waals surface area contributed by atoms with E-state index in [0.717, 1.165) is 5.56 Å². The number of anilines is 1. The molecule has 0 spiro atoms. The summed E-state index contributed by atoms with van der Waals surface area (Å²) in [6.07, 6.45) is 2.27. The zero-order valence-electron chi connectivity index (χ0n) is 17.1. The van der Waals surface area contributed by atoms with Crippen molar-refractivity contribution in [2.24, 2.45) is 0 Å². The smallest absolute Gasteiger partial charge is 0.359 e. The number of hydrogen-bond donors (Lipinski definition) is 1. The van der Waals surface area contributed by atoms with E-state index in [9.17, 15) is 9.59 Å². The fraction of sp³-hybridized carbons (Fsp3) is 0.125. The minimum atomic E-state index is -1.14. The molecule has 2 heterocycles. The third kappa shape index (κ3) is 4.56. The molecule has 7 nitrogen and oxygen atoms in total. The molecule has 7 heteroatoms. The number of aromatic nitrogens is 2. The number of esters is 1. The summed E-state index contributed by atoms with van der Waals surface area (Å²) in [4.78, 5) is 30.2. The Balaban J connectivity index is 1.58. The molecule has 0 bridgehead atoms. The van der Waals surface area contributed by atoms with E-state index in [1.165, 1.54) is 0 Å². The second kappa shape index (κ2) is 8.71. The second-order valence-corrected chi connectivity index (χ2v) is 7.01. The molecule has 1 amide bonds. The Labute approximate surface area is 179 Å². The van der Waals surface area contributed by atoms with E-state index in [1.807, 2.05) is 31.3 Å². The number of nitrogens with zero attached hydrogens (tertiary/aromatic N) is 2. The largest absolute Gasteiger partial charge is 0.497 e. The SMILES string of the molecule is COc1ccc(NC(=O)C(OC(=O)c2cn3ccc(C)cc3n2)c2ccccc2)cc1. The summed E-state index contributed by atoms with van der Waals surface area (Å²) in [6, 6.07) is 19.5. The van der Waals surface area contributed by atoms with Crippen molar-refractivity contribution >= 4 is 23.2 Å². The molecule has 2 aromatic carbocycles. The number of rotatable bonds is 6. The van der Waals surface area contributed by atoms with E-state index in [0.29, 0.717) is 22.6 Å². The van der Waals surface area contributed by atoms with Gasteiger partial charge in [-0.05, 0) is 48.9 Å². The van der Waals surface area contributed by atoms with Crippen LogP contribution < -0.4 is 10.1 Å². The summed E-state index contributed by atoms with van der Waals surface area (Å²) < 4.78 is 12.5. The Morgan fingerprint density at radius 1 is 1.03 bits per heavy atom. The number of imidazole rings is 1. The van der Waals surface area contributed by atoms with Gasteiger partial charge in [0.15, 0.2) is 5.69 Å². The summed E-state index contributed by atoms with van der Waals surface area (Å²) in [5.41, 5.74) is 2.90. The third-order valence-corrected chi connectivity index (χ3v) is 4.75. The summed E-state index contributed by atoms with van der Waals surface area (Å²) in [5.74, 6) is -0.476. The van der Waals surface area contributed by atoms with E-state index in [1.54, 1.807) is 66.2 Å². The molecule has 156 valence electrons. The van der Waals surface area contributed by atoms with E-state index < -0.39 is 18.0 Å². The number of hydrogen-bond acceptors (Lipinski definition) is 5. The molecule has 0 aliphatic rings. The first-order valence-corrected chi connectivity index (χ1v) is 9.70. The maximum absolute atomic E-state index is 13.0. The van der Waals surface area contributed by atoms with Gasteiger partial charge >= 0.3 is 5.97 Å². The van der Waals surface area contributed by atoms with Gasteiger partial charge in [-0.2, -0.15) is 0 Å². The van der Waals surface area contributed by atoms with Crippen molar-refractivity contribution in [1.29, 1.82) is 0 Å². The van der Waals surface area contributed by atoms with E-state index >= 15 is 0 Å². The molecule has 1 atom stereocenters. The summed E-state index contributed by atoms with van der Waals surface area (Å²) in [6.45, 7) is 1.95. The molecule has 0 saturated heterocycles. The lowest BCUT2D eigenvalue weighted by atomic mass is 10.1. The summed E-state index contributed by atoms with van der Waals surface area (Å²) in [7, 11) is 1.57. The monoisotopic (exact) mass is 415 g/mol. The number of fused-ring (bicyclic) bond motifs is 1. The minimum absolute atomic E-state index is 0.128. The predicted molar refractivity (Wildman–Crippen MR) is 116 cm³/mol. The summed E-state index contributed by atoms with van der Waals surface area (Å²) in [5, 5.41) is 2.79. The van der Waals surface area contributed by atoms with Gasteiger partial charge in [0.25, 0.3) is 5.91 Å². The number of carbonyl (C=O) groups excluding carboxylic acids is 2. The number of benzene rings is 2. The Morgan fingerprint density at radius 3 is 2.48 bits per heavy atom. The zero-order chi connectivity index (χ0) is 21.8. The molecule has 2 aromatic heterocycles. The van der Waals surface area contributed by atoms with Gasteiger partial charge in [0.2, 0.25) is 6.10 Å². The second-order valence-electron chi connectivity index (χ2n) is 7.01. The van der Waals surface area contributed by atoms with Crippen molar-refractivity contribution in [3.63, 3.8) is 0 Å². The van der Waals surface area contributed by atoms with Gasteiger partial charge in [-0.1, -0.05) is 30.3 Å². The van der Waals surface area contributed by atoms with Crippen LogP contribution >= 0.6 is 0 Å². The molecule has 0 radical (unpaired) electrons. The molecule has 4 rings (SSSR count). The van der Waals surface area contributed by atoms with Crippen LogP contribution in [-0.2, 0) is 9.53 Å². The lowest BCUT2D eigenvalue weighted by Gasteiger charge is -2.17. The van der Waals surface area contributed by atoms with Crippen LogP contribution in [0.5, 0.6) is 5.75 Å². The van der Waals surface area contributed by atoms with Gasteiger partial charge in [-0.3, -0.25) is 4.79 Å². The highest BCUT2D eigenvalue weighted by Crippen LogP contribution is 2.23. The molecule has 0 aliphatic heterocycles. The molecule has 0 aliphatic carbocycles. The summed E-state index contributed by atoms with van der Waals surface area (Å²) >= 11 is 0. The number of carbonyl (C=O) groups is 2. The number of nitrogens with one attached hydrogen (secondary N) is 1. The fourth-order valence-corrected chi connectivity index (χ4v) is 3.13. The van der Waals surface area contributed by atoms with Gasteiger partial charge in [-0.15, -0.1) is 0 Å². The quantitative estimate of drug-likeness (QED) is 0.478. The highest BCUT2D eigenvalue weighted by molar-refractivity contribution is 5.97. The Kier molecular flexibility index (Phi) is 5.66. The third-order valence-electron chi connectivity index (χ3n) is 4.75. The number of methoxy groups -OCH3 is 1. The first kappa shape index (κ1) is 20.2. The highest BCUT2D eigenvalue weighted by Gasteiger charge is 2.27. The standard InChI is InChI=1S/C24H21N3O4/c1-16-12-13-27-15-20(26-21(27)14-16)24(29)31-22(17-6-4-3-5-7-17)23(28)25-18-8-10-19(30-2)11-9-18/h3-15,22H,1-2H3,(H,25,28). The van der Waals surface area contributed by atoms with Crippen molar-refractivity contribution in [3.05, 3.63) is 95.9 Å². The molecule has 4 aromatic rings. The first-order valence-electron chi connectivity index (χ1n) is 9.70. The van der Waals surface area contributed by atoms with Crippen LogP contribution in [0.2, 0.25) is 0 Å². The molecule has 1 unspecified atom stereocenters. The molecule has 0 saturated carbocycles. The van der Waals surface area contributed by atoms with Gasteiger partial charge in [0.05, 0.1) is 7.11 Å². The average molecular weight is 415 g/mol. The highest BCUT2D eigenvalue weighted by atomic mass is 16.5. The molecular weight excluding hydrogens is 394 g/mol. The van der Waals surface area contributed by atoms with Crippen molar-refractivity contribution in [2.75, 3.05) is 12.4 Å². The van der Waals surface area contributed by atoms with Crippen molar-refractivity contribution in [1.82, 2.24) is 9.38 Å². The fourth-order valence-electron chi connectivity index (χ4n) is 3.13. The minimum Gasteiger partial charge on any atom is -0.497 e. The van der Waals surface area contributed by atoms with E-state index in [-0.39, 0.29) is 5.69 Å². The molecular formula is C24H21N3O4. The number of pyridine rings is 1. The Morgan fingerprint density at radius 2 is 1.77 bits per heavy atom. The van der Waals surface area contributed by atoms with Gasteiger partial charge in [0.1, 0.15) is 11.4 Å². The van der Waals surface area contributed by atoms with Crippen LogP contribution in [0.4, 0.5) is 5.69 Å². The van der Waals surface area contributed by atoms with Crippen LogP contribution in [0.15, 0.2) is 79.1 Å². The van der Waals surface area contributed by atoms with E-state index in [4.69, 9.17) is 9.47 Å². The number of aryl methyl sites for hydroxylation is 1. The van der Waals surface area contributed by atoms with Crippen LogP contribution in [-0.4, -0.2) is 28.4 Å². The Bertz CT molecular complexity index is 1220. The predicted octanol–water partition coefficient (Wildman–Crippen LogP) is 4.19. The van der Waals surface area contributed by atoms with Crippen molar-refractivity contribution in [2.45, 2.75) is 13.0 Å². The van der Waals surface area contributed by atoms with Crippen LogP contribution in [0, 0.1) is 6.92 Å². The van der Waals surface area contributed by atoms with Gasteiger partial charge in [0, 0.05) is 23.6 Å². The molecule has 1 N–H and O–H groups in total. The maximum atomic E-state index is 13.0. The number of ether oxygens (including phenoxy) is 2. The molecule has 0 fully saturated rings. The molecule has 31 heavy (non-hydrogen) atoms. The maximum Gasteiger partial charge on any atom is 0.359 e. The van der Waals surface area contributed by atoms with Crippen molar-refractivity contribution in [3.8, 4) is 5.75 Å². The Hall–Kier alpha value is -4.13. The van der Waals surface area contributed by atoms with Crippen LogP contribution in [0.25, 0.3) is 5.65 Å². The lowest BCUT2D eigenvalue weighted by Crippen LogP contribution is -2.26. The van der Waals surface area contributed by atoms with Crippen LogP contribution in [0.3, 0.4) is 0 Å². The average Bonchev–Trinajstić information content (AvgIpc) is 3.21. The number of amides is 1. The van der Waals surface area contributed by atoms with E-state index in [2.05, 4.69) is 10.3 Å². The van der Waals surface area contributed by atoms with Gasteiger partial charge < -0.3 is 19.2 Å². The van der Waals surface area contributed by atoms with Crippen molar-refractivity contribution < 1.29 is 19.1 Å². The normalized spacial score (nSPS) is 11.7. The van der Waals surface area contributed by atoms with Gasteiger partial charge in [-0.25, -0.2) is 9.78 Å². The topological polar surface area (TPSA) is 81.9 Å². The first-order chi connectivity index (χ1) is 15.0. The van der Waals surface area contributed by atoms with Crippen LogP contribution in [0.1, 0.15) is 27.7 Å².